The van der Waals surface area contributed by atoms with Gasteiger partial charge in [-0.1, -0.05) is 36.4 Å². The van der Waals surface area contributed by atoms with Crippen LogP contribution in [0.15, 0.2) is 42.5 Å². The van der Waals surface area contributed by atoms with Crippen LogP contribution in [-0.2, 0) is 33.6 Å². The van der Waals surface area contributed by atoms with Crippen molar-refractivity contribution in [3.63, 3.8) is 0 Å². The number of thiophene rings is 1. The lowest BCUT2D eigenvalue weighted by molar-refractivity contribution is -0.143. The lowest BCUT2D eigenvalue weighted by Gasteiger charge is -2.11. The zero-order valence-electron chi connectivity index (χ0n) is 19.7. The van der Waals surface area contributed by atoms with Gasteiger partial charge >= 0.3 is 5.97 Å². The van der Waals surface area contributed by atoms with Gasteiger partial charge in [-0.05, 0) is 66.0 Å². The highest BCUT2D eigenvalue weighted by atomic mass is 32.1. The molecule has 7 nitrogen and oxygen atoms in total. The summed E-state index contributed by atoms with van der Waals surface area (Å²) in [5.74, 6) is -1.89. The van der Waals surface area contributed by atoms with Crippen molar-refractivity contribution in [2.75, 3.05) is 11.9 Å². The Morgan fingerprint density at radius 2 is 1.72 bits per heavy atom. The van der Waals surface area contributed by atoms with E-state index in [1.807, 2.05) is 30.3 Å². The highest BCUT2D eigenvalue weighted by Crippen LogP contribution is 2.38. The van der Waals surface area contributed by atoms with E-state index in [2.05, 4.69) is 11.4 Å². The van der Waals surface area contributed by atoms with Crippen molar-refractivity contribution in [2.45, 2.75) is 44.9 Å². The topological polar surface area (TPSA) is 116 Å². The number of hydrogen-bond donors (Lipinski definition) is 2. The van der Waals surface area contributed by atoms with Crippen molar-refractivity contribution in [3.05, 3.63) is 75.2 Å². The number of Topliss-reactive ketones (excluding diaryl/α,β-unsaturated/α-hetero) is 1. The summed E-state index contributed by atoms with van der Waals surface area (Å²) in [6.07, 6.45) is 4.22. The van der Waals surface area contributed by atoms with Gasteiger partial charge in [0.2, 0.25) is 5.91 Å². The van der Waals surface area contributed by atoms with Gasteiger partial charge in [-0.15, -0.1) is 11.3 Å². The predicted molar refractivity (Wildman–Crippen MR) is 137 cm³/mol. The number of benzene rings is 2. The van der Waals surface area contributed by atoms with E-state index in [1.165, 1.54) is 22.5 Å². The summed E-state index contributed by atoms with van der Waals surface area (Å²) in [4.78, 5) is 50.3. The average molecular weight is 503 g/mol. The third kappa shape index (κ3) is 4.81. The van der Waals surface area contributed by atoms with Gasteiger partial charge in [0.05, 0.1) is 12.0 Å². The Morgan fingerprint density at radius 1 is 0.944 bits per heavy atom. The van der Waals surface area contributed by atoms with Crippen molar-refractivity contribution >= 4 is 39.9 Å². The van der Waals surface area contributed by atoms with Crippen LogP contribution in [-0.4, -0.2) is 30.2 Å². The smallest absolute Gasteiger partial charge is 0.306 e. The molecule has 1 aromatic heterocycles. The van der Waals surface area contributed by atoms with Crippen LogP contribution < -0.4 is 11.1 Å². The van der Waals surface area contributed by atoms with E-state index < -0.39 is 17.8 Å². The molecule has 8 heteroatoms. The monoisotopic (exact) mass is 502 g/mol. The first kappa shape index (κ1) is 23.9. The number of carbonyl (C=O) groups is 4. The standard InChI is InChI=1S/C28H26N2O5S/c29-27(34)26-20-7-3-4-8-23(20)36-28(26)30-24(32)11-12-25(33)35-15-22(31)18-10-9-17-13-16-5-1-2-6-19(16)21(17)14-18/h1-2,5-6,9-10,14H,3-4,7-8,11-13,15H2,(H2,29,34)(H,30,32). The van der Waals surface area contributed by atoms with Crippen molar-refractivity contribution in [2.24, 2.45) is 5.73 Å². The number of fused-ring (bicyclic) bond motifs is 4. The molecular weight excluding hydrogens is 476 g/mol. The Morgan fingerprint density at radius 3 is 2.56 bits per heavy atom. The molecule has 0 aliphatic heterocycles. The molecule has 2 aromatic carbocycles. The van der Waals surface area contributed by atoms with Crippen LogP contribution in [0, 0.1) is 0 Å². The fourth-order valence-corrected chi connectivity index (χ4v) is 6.23. The normalized spacial score (nSPS) is 13.3. The van der Waals surface area contributed by atoms with E-state index in [9.17, 15) is 19.2 Å². The summed E-state index contributed by atoms with van der Waals surface area (Å²) in [7, 11) is 0. The second kappa shape index (κ2) is 10.1. The van der Waals surface area contributed by atoms with Crippen molar-refractivity contribution < 1.29 is 23.9 Å². The Labute approximate surface area is 212 Å². The average Bonchev–Trinajstić information content (AvgIpc) is 3.43. The fraction of sp³-hybridized carbons (Fsp3) is 0.286. The third-order valence-electron chi connectivity index (χ3n) is 6.71. The van der Waals surface area contributed by atoms with Crippen molar-refractivity contribution in [1.29, 1.82) is 0 Å². The molecule has 0 saturated heterocycles. The second-order valence-electron chi connectivity index (χ2n) is 9.12. The maximum absolute atomic E-state index is 12.6. The highest BCUT2D eigenvalue weighted by molar-refractivity contribution is 7.17. The summed E-state index contributed by atoms with van der Waals surface area (Å²) in [6.45, 7) is -0.385. The molecular formula is C28H26N2O5S. The molecule has 0 unspecified atom stereocenters. The Hall–Kier alpha value is -3.78. The SMILES string of the molecule is NC(=O)c1c(NC(=O)CCC(=O)OCC(=O)c2ccc3c(c2)-c2ccccc2C3)sc2c1CCCC2. The number of carbonyl (C=O) groups excluding carboxylic acids is 4. The van der Waals surface area contributed by atoms with Crippen LogP contribution in [0.5, 0.6) is 0 Å². The van der Waals surface area contributed by atoms with Crippen LogP contribution in [0.25, 0.3) is 11.1 Å². The van der Waals surface area contributed by atoms with Crippen LogP contribution in [0.4, 0.5) is 5.00 Å². The first-order chi connectivity index (χ1) is 17.4. The Bertz CT molecular complexity index is 1390. The molecule has 1 heterocycles. The minimum Gasteiger partial charge on any atom is -0.457 e. The fourth-order valence-electron chi connectivity index (χ4n) is 4.92. The summed E-state index contributed by atoms with van der Waals surface area (Å²) in [5.41, 5.74) is 11.9. The van der Waals surface area contributed by atoms with Crippen molar-refractivity contribution in [1.82, 2.24) is 0 Å². The first-order valence-electron chi connectivity index (χ1n) is 12.0. The second-order valence-corrected chi connectivity index (χ2v) is 10.2. The summed E-state index contributed by atoms with van der Waals surface area (Å²) >= 11 is 1.38. The van der Waals surface area contributed by atoms with E-state index >= 15 is 0 Å². The molecule has 2 aliphatic carbocycles. The molecule has 3 N–H and O–H groups in total. The lowest BCUT2D eigenvalue weighted by atomic mass is 9.95. The van der Waals surface area contributed by atoms with Gasteiger partial charge in [-0.25, -0.2) is 0 Å². The maximum Gasteiger partial charge on any atom is 0.306 e. The van der Waals surface area contributed by atoms with Gasteiger partial charge in [0, 0.05) is 16.9 Å². The van der Waals surface area contributed by atoms with Crippen LogP contribution >= 0.6 is 11.3 Å². The molecule has 0 saturated carbocycles. The molecule has 0 bridgehead atoms. The molecule has 36 heavy (non-hydrogen) atoms. The molecule has 0 atom stereocenters. The Kier molecular flexibility index (Phi) is 6.69. The zero-order valence-corrected chi connectivity index (χ0v) is 20.5. The largest absolute Gasteiger partial charge is 0.457 e. The Balaban J connectivity index is 1.13. The minimum atomic E-state index is -0.634. The molecule has 2 aliphatic rings. The van der Waals surface area contributed by atoms with E-state index in [4.69, 9.17) is 10.5 Å². The quantitative estimate of drug-likeness (QED) is 0.273. The van der Waals surface area contributed by atoms with Gasteiger partial charge in [0.15, 0.2) is 12.4 Å². The van der Waals surface area contributed by atoms with Crippen LogP contribution in [0.3, 0.4) is 0 Å². The number of anilines is 1. The number of ether oxygens (including phenoxy) is 1. The van der Waals surface area contributed by atoms with Crippen molar-refractivity contribution in [3.8, 4) is 11.1 Å². The van der Waals surface area contributed by atoms with E-state index in [-0.39, 0.29) is 25.2 Å². The molecule has 3 aromatic rings. The molecule has 2 amide bonds. The number of primary amides is 1. The maximum atomic E-state index is 12.6. The number of nitrogens with one attached hydrogen (secondary N) is 1. The van der Waals surface area contributed by atoms with Gasteiger partial charge < -0.3 is 15.8 Å². The number of esters is 1. The number of aryl methyl sites for hydroxylation is 1. The number of hydrogen-bond acceptors (Lipinski definition) is 6. The molecule has 0 radical (unpaired) electrons. The highest BCUT2D eigenvalue weighted by Gasteiger charge is 2.25. The van der Waals surface area contributed by atoms with Crippen LogP contribution in [0.1, 0.15) is 68.0 Å². The third-order valence-corrected chi connectivity index (χ3v) is 7.92. The molecule has 184 valence electrons. The molecule has 0 spiro atoms. The lowest BCUT2D eigenvalue weighted by Crippen LogP contribution is -2.20. The van der Waals surface area contributed by atoms with E-state index in [0.717, 1.165) is 53.7 Å². The molecule has 0 fully saturated rings. The number of rotatable bonds is 8. The summed E-state index contributed by atoms with van der Waals surface area (Å²) in [5, 5.41) is 3.18. The van der Waals surface area contributed by atoms with Gasteiger partial charge in [-0.3, -0.25) is 19.2 Å². The van der Waals surface area contributed by atoms with Gasteiger partial charge in [0.25, 0.3) is 5.91 Å². The van der Waals surface area contributed by atoms with Gasteiger partial charge in [-0.2, -0.15) is 0 Å². The minimum absolute atomic E-state index is 0.122. The van der Waals surface area contributed by atoms with Crippen LogP contribution in [0.2, 0.25) is 0 Å². The number of ketones is 1. The van der Waals surface area contributed by atoms with E-state index in [0.29, 0.717) is 16.1 Å². The zero-order chi connectivity index (χ0) is 25.2. The van der Waals surface area contributed by atoms with Gasteiger partial charge in [0.1, 0.15) is 5.00 Å². The first-order valence-corrected chi connectivity index (χ1v) is 12.9. The molecule has 5 rings (SSSR count). The van der Waals surface area contributed by atoms with E-state index in [1.54, 1.807) is 6.07 Å². The predicted octanol–water partition coefficient (Wildman–Crippen LogP) is 4.44. The summed E-state index contributed by atoms with van der Waals surface area (Å²) in [6, 6.07) is 13.6. The number of amides is 2. The number of nitrogens with two attached hydrogens (primary N) is 1. The summed E-state index contributed by atoms with van der Waals surface area (Å²) < 4.78 is 5.14.